The summed E-state index contributed by atoms with van der Waals surface area (Å²) in [4.78, 5) is 14.3. The van der Waals surface area contributed by atoms with Crippen molar-refractivity contribution in [3.63, 3.8) is 0 Å². The lowest BCUT2D eigenvalue weighted by Crippen LogP contribution is -2.48. The molecule has 0 aromatic heterocycles. The van der Waals surface area contributed by atoms with Crippen molar-refractivity contribution in [2.75, 3.05) is 26.2 Å². The van der Waals surface area contributed by atoms with Crippen LogP contribution in [0.1, 0.15) is 33.6 Å². The van der Waals surface area contributed by atoms with E-state index >= 15 is 0 Å². The largest absolute Gasteiger partial charge is 0.466 e. The van der Waals surface area contributed by atoms with Crippen LogP contribution in [0.5, 0.6) is 0 Å². The van der Waals surface area contributed by atoms with Gasteiger partial charge in [-0.25, -0.2) is 0 Å². The van der Waals surface area contributed by atoms with Crippen molar-refractivity contribution >= 4 is 5.97 Å². The molecule has 4 heteroatoms. The van der Waals surface area contributed by atoms with Crippen LogP contribution >= 0.6 is 0 Å². The van der Waals surface area contributed by atoms with Crippen LogP contribution in [0, 0.1) is 11.8 Å². The Bertz CT molecular complexity index is 238. The van der Waals surface area contributed by atoms with Crippen LogP contribution in [0.15, 0.2) is 0 Å². The van der Waals surface area contributed by atoms with Gasteiger partial charge in [0.05, 0.1) is 12.5 Å². The van der Waals surface area contributed by atoms with Gasteiger partial charge in [0.1, 0.15) is 0 Å². The molecule has 2 N–H and O–H groups in total. The first-order chi connectivity index (χ1) is 8.11. The van der Waals surface area contributed by atoms with Crippen molar-refractivity contribution in [1.82, 2.24) is 4.90 Å². The lowest BCUT2D eigenvalue weighted by Gasteiger charge is -2.35. The smallest absolute Gasteiger partial charge is 0.311 e. The zero-order valence-corrected chi connectivity index (χ0v) is 11.3. The molecule has 0 saturated carbocycles. The summed E-state index contributed by atoms with van der Waals surface area (Å²) in [6.45, 7) is 9.12. The quantitative estimate of drug-likeness (QED) is 0.712. The predicted molar refractivity (Wildman–Crippen MR) is 68.6 cm³/mol. The van der Waals surface area contributed by atoms with Crippen LogP contribution in [-0.2, 0) is 9.53 Å². The molecule has 0 aromatic rings. The average molecular weight is 242 g/mol. The fourth-order valence-corrected chi connectivity index (χ4v) is 2.80. The van der Waals surface area contributed by atoms with Gasteiger partial charge in [-0.2, -0.15) is 0 Å². The molecule has 0 aliphatic carbocycles. The molecule has 0 amide bonds. The van der Waals surface area contributed by atoms with E-state index in [9.17, 15) is 4.79 Å². The summed E-state index contributed by atoms with van der Waals surface area (Å²) >= 11 is 0. The van der Waals surface area contributed by atoms with Gasteiger partial charge in [-0.05, 0) is 38.8 Å². The number of nitrogens with zero attached hydrogens (tertiary/aromatic N) is 1. The number of carbonyl (C=O) groups is 1. The molecule has 0 unspecified atom stereocenters. The van der Waals surface area contributed by atoms with E-state index in [0.29, 0.717) is 19.1 Å². The number of nitrogens with two attached hydrogens (primary N) is 1. The van der Waals surface area contributed by atoms with Crippen molar-refractivity contribution in [3.05, 3.63) is 0 Å². The molecule has 0 spiro atoms. The van der Waals surface area contributed by atoms with Crippen LogP contribution in [0.4, 0.5) is 0 Å². The molecule has 17 heavy (non-hydrogen) atoms. The summed E-state index contributed by atoms with van der Waals surface area (Å²) in [6.07, 6.45) is 2.45. The number of likely N-dealkylation sites (tertiary alicyclic amines) is 1. The number of hydrogen-bond donors (Lipinski definition) is 1. The number of carbonyl (C=O) groups excluding carboxylic acids is 1. The zero-order valence-electron chi connectivity index (χ0n) is 11.3. The van der Waals surface area contributed by atoms with Crippen LogP contribution in [0.2, 0.25) is 0 Å². The summed E-state index contributed by atoms with van der Waals surface area (Å²) < 4.78 is 5.14. The Morgan fingerprint density at radius 1 is 1.35 bits per heavy atom. The van der Waals surface area contributed by atoms with Gasteiger partial charge < -0.3 is 10.5 Å². The maximum absolute atomic E-state index is 11.9. The van der Waals surface area contributed by atoms with Crippen molar-refractivity contribution in [2.24, 2.45) is 17.6 Å². The van der Waals surface area contributed by atoms with Gasteiger partial charge in [-0.1, -0.05) is 13.8 Å². The van der Waals surface area contributed by atoms with E-state index < -0.39 is 0 Å². The Morgan fingerprint density at radius 2 is 1.94 bits per heavy atom. The first-order valence-corrected chi connectivity index (χ1v) is 6.72. The molecule has 4 nitrogen and oxygen atoms in total. The molecule has 0 radical (unpaired) electrons. The van der Waals surface area contributed by atoms with E-state index in [1.807, 2.05) is 6.92 Å². The molecule has 1 rings (SSSR count). The van der Waals surface area contributed by atoms with Crippen LogP contribution in [0.25, 0.3) is 0 Å². The summed E-state index contributed by atoms with van der Waals surface area (Å²) in [5.41, 5.74) is 5.78. The highest BCUT2D eigenvalue weighted by Crippen LogP contribution is 2.24. The fraction of sp³-hybridized carbons (Fsp3) is 0.923. The molecule has 0 bridgehead atoms. The lowest BCUT2D eigenvalue weighted by molar-refractivity contribution is -0.150. The molecule has 1 aliphatic rings. The third-order valence-electron chi connectivity index (χ3n) is 3.50. The van der Waals surface area contributed by atoms with Crippen molar-refractivity contribution in [3.8, 4) is 0 Å². The van der Waals surface area contributed by atoms with Crippen LogP contribution < -0.4 is 5.73 Å². The van der Waals surface area contributed by atoms with Gasteiger partial charge in [0.15, 0.2) is 0 Å². The van der Waals surface area contributed by atoms with Gasteiger partial charge in [0, 0.05) is 12.6 Å². The fourth-order valence-electron chi connectivity index (χ4n) is 2.80. The normalized spacial score (nSPS) is 20.5. The van der Waals surface area contributed by atoms with Crippen molar-refractivity contribution in [2.45, 2.75) is 39.7 Å². The molecule has 1 saturated heterocycles. The topological polar surface area (TPSA) is 55.6 Å². The Labute approximate surface area is 104 Å². The summed E-state index contributed by atoms with van der Waals surface area (Å²) in [7, 11) is 0. The molecular formula is C13H26N2O2. The summed E-state index contributed by atoms with van der Waals surface area (Å²) in [6, 6.07) is 0.224. The van der Waals surface area contributed by atoms with E-state index in [2.05, 4.69) is 18.7 Å². The summed E-state index contributed by atoms with van der Waals surface area (Å²) in [5, 5.41) is 0. The first kappa shape index (κ1) is 14.5. The molecule has 2 atom stereocenters. The standard InChI is InChI=1S/C13H26N2O2/c1-4-17-13(16)11(9-14)12(10(2)3)15-7-5-6-8-15/h10-12H,4-9,14H2,1-3H3/t11-,12+/m0/s1. The molecule has 1 fully saturated rings. The number of ether oxygens (including phenoxy) is 1. The van der Waals surface area contributed by atoms with Crippen molar-refractivity contribution in [1.29, 1.82) is 0 Å². The second-order valence-electron chi connectivity index (χ2n) is 5.07. The van der Waals surface area contributed by atoms with Gasteiger partial charge in [0.2, 0.25) is 0 Å². The van der Waals surface area contributed by atoms with Gasteiger partial charge in [-0.3, -0.25) is 9.69 Å². The van der Waals surface area contributed by atoms with Crippen LogP contribution in [0.3, 0.4) is 0 Å². The predicted octanol–water partition coefficient (Wildman–Crippen LogP) is 1.24. The maximum Gasteiger partial charge on any atom is 0.311 e. The van der Waals surface area contributed by atoms with E-state index in [-0.39, 0.29) is 17.9 Å². The summed E-state index contributed by atoms with van der Waals surface area (Å²) in [5.74, 6) is 0.0970. The highest BCUT2D eigenvalue weighted by molar-refractivity contribution is 5.73. The van der Waals surface area contributed by atoms with Gasteiger partial charge in [0.25, 0.3) is 0 Å². The minimum Gasteiger partial charge on any atom is -0.466 e. The second-order valence-corrected chi connectivity index (χ2v) is 5.07. The number of hydrogen-bond acceptors (Lipinski definition) is 4. The number of esters is 1. The third-order valence-corrected chi connectivity index (χ3v) is 3.50. The van der Waals surface area contributed by atoms with Gasteiger partial charge >= 0.3 is 5.97 Å². The Kier molecular flexibility index (Phi) is 5.92. The maximum atomic E-state index is 11.9. The van der Waals surface area contributed by atoms with Gasteiger partial charge in [-0.15, -0.1) is 0 Å². The minimum atomic E-state index is -0.187. The third kappa shape index (κ3) is 3.68. The molecule has 1 heterocycles. The lowest BCUT2D eigenvalue weighted by atomic mass is 9.89. The number of rotatable bonds is 6. The highest BCUT2D eigenvalue weighted by atomic mass is 16.5. The van der Waals surface area contributed by atoms with E-state index in [4.69, 9.17) is 10.5 Å². The average Bonchev–Trinajstić information content (AvgIpc) is 2.78. The Morgan fingerprint density at radius 3 is 2.35 bits per heavy atom. The molecule has 0 aromatic carbocycles. The van der Waals surface area contributed by atoms with E-state index in [1.165, 1.54) is 12.8 Å². The minimum absolute atomic E-state index is 0.138. The van der Waals surface area contributed by atoms with Crippen LogP contribution in [-0.4, -0.2) is 43.2 Å². The SMILES string of the molecule is CCOC(=O)[C@@H](CN)[C@@H](C(C)C)N1CCCC1. The van der Waals surface area contributed by atoms with Crippen molar-refractivity contribution < 1.29 is 9.53 Å². The monoisotopic (exact) mass is 242 g/mol. The van der Waals surface area contributed by atoms with E-state index in [0.717, 1.165) is 13.1 Å². The Balaban J connectivity index is 2.74. The highest BCUT2D eigenvalue weighted by Gasteiger charge is 2.35. The molecular weight excluding hydrogens is 216 g/mol. The molecule has 1 aliphatic heterocycles. The Hall–Kier alpha value is -0.610. The molecule has 100 valence electrons. The zero-order chi connectivity index (χ0) is 12.8. The second kappa shape index (κ2) is 6.97. The first-order valence-electron chi connectivity index (χ1n) is 6.72. The van der Waals surface area contributed by atoms with E-state index in [1.54, 1.807) is 0 Å².